The van der Waals surface area contributed by atoms with Crippen LogP contribution in [-0.2, 0) is 10.8 Å². The van der Waals surface area contributed by atoms with Crippen molar-refractivity contribution in [1.82, 2.24) is 4.57 Å². The Morgan fingerprint density at radius 3 is 1.34 bits per heavy atom. The molecular formula is C72H54N2. The van der Waals surface area contributed by atoms with Crippen molar-refractivity contribution in [1.29, 1.82) is 0 Å². The van der Waals surface area contributed by atoms with Gasteiger partial charge in [-0.3, -0.25) is 0 Å². The van der Waals surface area contributed by atoms with Gasteiger partial charge in [-0.1, -0.05) is 216 Å². The van der Waals surface area contributed by atoms with Crippen LogP contribution in [0.2, 0.25) is 0 Å². The van der Waals surface area contributed by atoms with Crippen LogP contribution in [0.4, 0.5) is 17.1 Å². The Bertz CT molecular complexity index is 4060. The Kier molecular flexibility index (Phi) is 9.94. The number of nitrogens with zero attached hydrogens (tertiary/aromatic N) is 2. The first-order valence-corrected chi connectivity index (χ1v) is 26.0. The molecule has 0 radical (unpaired) electrons. The van der Waals surface area contributed by atoms with E-state index in [4.69, 9.17) is 0 Å². The van der Waals surface area contributed by atoms with Crippen LogP contribution >= 0.6 is 0 Å². The average molecular weight is 947 g/mol. The van der Waals surface area contributed by atoms with Crippen LogP contribution in [-0.4, -0.2) is 4.57 Å². The minimum atomic E-state index is -0.194. The Balaban J connectivity index is 0.872. The van der Waals surface area contributed by atoms with E-state index >= 15 is 0 Å². The summed E-state index contributed by atoms with van der Waals surface area (Å²) in [6, 6.07) is 94.3. The summed E-state index contributed by atoms with van der Waals surface area (Å²) in [6.07, 6.45) is 0. The van der Waals surface area contributed by atoms with Crippen LogP contribution in [0.15, 0.2) is 255 Å². The van der Waals surface area contributed by atoms with Gasteiger partial charge in [0.2, 0.25) is 0 Å². The summed E-state index contributed by atoms with van der Waals surface area (Å²) in [5.41, 5.74) is 27.2. The molecule has 74 heavy (non-hydrogen) atoms. The highest BCUT2D eigenvalue weighted by Gasteiger charge is 2.39. The largest absolute Gasteiger partial charge is 0.311 e. The van der Waals surface area contributed by atoms with Gasteiger partial charge in [-0.15, -0.1) is 0 Å². The van der Waals surface area contributed by atoms with Gasteiger partial charge in [0.25, 0.3) is 0 Å². The maximum Gasteiger partial charge on any atom is 0.0544 e. The molecule has 0 spiro atoms. The molecule has 11 aromatic carbocycles. The zero-order valence-electron chi connectivity index (χ0n) is 42.1. The Hall–Kier alpha value is -8.98. The summed E-state index contributed by atoms with van der Waals surface area (Å²) in [7, 11) is 0. The quantitative estimate of drug-likeness (QED) is 0.147. The number of aromatic nitrogens is 1. The minimum Gasteiger partial charge on any atom is -0.311 e. The van der Waals surface area contributed by atoms with Crippen molar-refractivity contribution in [3.05, 3.63) is 277 Å². The second-order valence-electron chi connectivity index (χ2n) is 21.3. The molecule has 352 valence electrons. The first kappa shape index (κ1) is 43.8. The second kappa shape index (κ2) is 16.8. The molecule has 12 aromatic rings. The van der Waals surface area contributed by atoms with E-state index in [-0.39, 0.29) is 10.8 Å². The van der Waals surface area contributed by atoms with Crippen LogP contribution in [0, 0.1) is 0 Å². The third-order valence-electron chi connectivity index (χ3n) is 16.4. The number of hydrogen-bond acceptors (Lipinski definition) is 1. The SMILES string of the molecule is CC1(C)c2ccccc2-c2cc3c4ccccc4n(-c4cccc(-c5cccc6c5-c5c(-c7ccc(N(c8ccc(-c9ccccc9)cc8)c8ccc(-c9ccccc9)cc8)cc7)cccc5C6(C)C)c4)c3cc21. The van der Waals surface area contributed by atoms with Crippen LogP contribution in [0.5, 0.6) is 0 Å². The number of para-hydroxylation sites is 1. The highest BCUT2D eigenvalue weighted by molar-refractivity contribution is 6.12. The summed E-state index contributed by atoms with van der Waals surface area (Å²) in [5, 5.41) is 2.56. The van der Waals surface area contributed by atoms with E-state index in [1.54, 1.807) is 0 Å². The van der Waals surface area contributed by atoms with Gasteiger partial charge in [0, 0.05) is 44.4 Å². The lowest BCUT2D eigenvalue weighted by Crippen LogP contribution is -2.15. The maximum absolute atomic E-state index is 2.50. The summed E-state index contributed by atoms with van der Waals surface area (Å²) in [6.45, 7) is 9.54. The van der Waals surface area contributed by atoms with Crippen LogP contribution < -0.4 is 4.90 Å². The smallest absolute Gasteiger partial charge is 0.0544 e. The molecule has 0 atom stereocenters. The summed E-state index contributed by atoms with van der Waals surface area (Å²) in [5.74, 6) is 0. The monoisotopic (exact) mass is 946 g/mol. The van der Waals surface area contributed by atoms with Crippen molar-refractivity contribution in [3.8, 4) is 72.4 Å². The van der Waals surface area contributed by atoms with Gasteiger partial charge in [0.1, 0.15) is 0 Å². The van der Waals surface area contributed by atoms with Crippen molar-refractivity contribution < 1.29 is 0 Å². The Morgan fingerprint density at radius 2 is 0.730 bits per heavy atom. The zero-order valence-corrected chi connectivity index (χ0v) is 42.1. The molecular weight excluding hydrogens is 893 g/mol. The van der Waals surface area contributed by atoms with Crippen molar-refractivity contribution in [2.24, 2.45) is 0 Å². The van der Waals surface area contributed by atoms with Gasteiger partial charge >= 0.3 is 0 Å². The average Bonchev–Trinajstić information content (AvgIpc) is 4.08. The van der Waals surface area contributed by atoms with Crippen LogP contribution in [0.25, 0.3) is 94.3 Å². The molecule has 0 fully saturated rings. The molecule has 2 aliphatic rings. The van der Waals surface area contributed by atoms with Crippen LogP contribution in [0.3, 0.4) is 0 Å². The van der Waals surface area contributed by atoms with E-state index in [1.807, 2.05) is 0 Å². The van der Waals surface area contributed by atoms with Gasteiger partial charge < -0.3 is 9.47 Å². The van der Waals surface area contributed by atoms with Gasteiger partial charge in [-0.2, -0.15) is 0 Å². The van der Waals surface area contributed by atoms with Gasteiger partial charge in [0.15, 0.2) is 0 Å². The third-order valence-corrected chi connectivity index (χ3v) is 16.4. The van der Waals surface area contributed by atoms with Gasteiger partial charge in [0.05, 0.1) is 11.0 Å². The number of fused-ring (bicyclic) bond motifs is 9. The lowest BCUT2D eigenvalue weighted by Gasteiger charge is -2.26. The molecule has 1 heterocycles. The number of anilines is 3. The molecule has 0 N–H and O–H groups in total. The molecule has 2 nitrogen and oxygen atoms in total. The topological polar surface area (TPSA) is 8.17 Å². The molecule has 1 aromatic heterocycles. The summed E-state index contributed by atoms with van der Waals surface area (Å²) in [4.78, 5) is 2.37. The highest BCUT2D eigenvalue weighted by Crippen LogP contribution is 2.56. The minimum absolute atomic E-state index is 0.102. The lowest BCUT2D eigenvalue weighted by molar-refractivity contribution is 0.660. The molecule has 2 heteroatoms. The zero-order chi connectivity index (χ0) is 49.7. The van der Waals surface area contributed by atoms with E-state index in [0.717, 1.165) is 22.7 Å². The van der Waals surface area contributed by atoms with Crippen molar-refractivity contribution in [2.75, 3.05) is 4.90 Å². The standard InChI is InChI=1S/C72H54N2/c1-71(2)63-28-13-11-24-59(63)61-45-62-60-25-12-14-31-67(60)74(68(62)46-66(61)71)56-23-15-22-52(44-56)58-27-17-30-65-70(58)69-57(26-16-29-64(69)72(65,3)4)51-36-42-55(43-37-51)73(53-38-32-49(33-39-53)47-18-7-5-8-19-47)54-40-34-50(35-41-54)48-20-9-6-10-21-48/h5-46H,1-4H3. The van der Waals surface area contributed by atoms with E-state index in [0.29, 0.717) is 0 Å². The number of hydrogen-bond donors (Lipinski definition) is 0. The number of benzene rings is 11. The molecule has 0 amide bonds. The maximum atomic E-state index is 2.50. The Morgan fingerprint density at radius 1 is 0.284 bits per heavy atom. The van der Waals surface area contributed by atoms with Crippen molar-refractivity contribution in [3.63, 3.8) is 0 Å². The molecule has 14 rings (SSSR count). The first-order chi connectivity index (χ1) is 36.2. The summed E-state index contributed by atoms with van der Waals surface area (Å²) < 4.78 is 2.50. The second-order valence-corrected chi connectivity index (χ2v) is 21.3. The fraction of sp³-hybridized carbons (Fsp3) is 0.0833. The molecule has 0 saturated heterocycles. The molecule has 0 aliphatic heterocycles. The van der Waals surface area contributed by atoms with E-state index in [2.05, 4.69) is 292 Å². The predicted octanol–water partition coefficient (Wildman–Crippen LogP) is 19.5. The summed E-state index contributed by atoms with van der Waals surface area (Å²) >= 11 is 0. The highest BCUT2D eigenvalue weighted by atomic mass is 15.1. The van der Waals surface area contributed by atoms with Crippen molar-refractivity contribution in [2.45, 2.75) is 38.5 Å². The fourth-order valence-corrected chi connectivity index (χ4v) is 12.7. The third kappa shape index (κ3) is 6.78. The van der Waals surface area contributed by atoms with E-state index < -0.39 is 0 Å². The van der Waals surface area contributed by atoms with Gasteiger partial charge in [-0.25, -0.2) is 0 Å². The van der Waals surface area contributed by atoms with Crippen LogP contribution in [0.1, 0.15) is 49.9 Å². The predicted molar refractivity (Wildman–Crippen MR) is 312 cm³/mol. The fourth-order valence-electron chi connectivity index (χ4n) is 12.7. The molecule has 0 unspecified atom stereocenters. The molecule has 0 saturated carbocycles. The van der Waals surface area contributed by atoms with Crippen molar-refractivity contribution >= 4 is 38.9 Å². The van der Waals surface area contributed by atoms with Gasteiger partial charge in [-0.05, 0) is 156 Å². The Labute approximate surface area is 434 Å². The van der Waals surface area contributed by atoms with E-state index in [1.165, 1.54) is 111 Å². The molecule has 2 aliphatic carbocycles. The normalized spacial score (nSPS) is 13.6. The van der Waals surface area contributed by atoms with E-state index in [9.17, 15) is 0 Å². The first-order valence-electron chi connectivity index (χ1n) is 26.0. The lowest BCUT2D eigenvalue weighted by atomic mass is 9.81. The number of rotatable bonds is 8. The molecule has 0 bridgehead atoms.